The third-order valence-electron chi connectivity index (χ3n) is 2.63. The molecule has 2 aromatic carbocycles. The van der Waals surface area contributed by atoms with Crippen molar-refractivity contribution >= 4 is 0 Å². The van der Waals surface area contributed by atoms with E-state index in [1.165, 1.54) is 0 Å². The van der Waals surface area contributed by atoms with Crippen molar-refractivity contribution in [2.75, 3.05) is 0 Å². The van der Waals surface area contributed by atoms with Gasteiger partial charge in [-0.05, 0) is 25.1 Å². The SMILES string of the molecule is Cc1ccc(OC#N)c(-c2ccccc2C#N)c1. The Bertz CT molecular complexity index is 663. The number of ether oxygens (including phenoxy) is 1. The van der Waals surface area contributed by atoms with Crippen LogP contribution in [-0.2, 0) is 0 Å². The normalized spacial score (nSPS) is 9.28. The molecule has 0 saturated heterocycles. The van der Waals surface area contributed by atoms with Gasteiger partial charge in [-0.25, -0.2) is 0 Å². The Morgan fingerprint density at radius 2 is 1.78 bits per heavy atom. The Hall–Kier alpha value is -2.78. The minimum atomic E-state index is 0.464. The number of rotatable bonds is 2. The molecule has 0 bridgehead atoms. The molecule has 0 heterocycles. The van der Waals surface area contributed by atoms with Gasteiger partial charge in [0.05, 0.1) is 11.6 Å². The molecule has 0 amide bonds. The van der Waals surface area contributed by atoms with Crippen LogP contribution in [0.25, 0.3) is 11.1 Å². The van der Waals surface area contributed by atoms with Crippen molar-refractivity contribution in [3.05, 3.63) is 53.6 Å². The fraction of sp³-hybridized carbons (Fsp3) is 0.0667. The Labute approximate surface area is 105 Å². The van der Waals surface area contributed by atoms with Crippen LogP contribution in [0, 0.1) is 29.8 Å². The molecule has 0 spiro atoms. The number of nitrogens with zero attached hydrogens (tertiary/aromatic N) is 2. The van der Waals surface area contributed by atoms with E-state index in [4.69, 9.17) is 15.3 Å². The van der Waals surface area contributed by atoms with Crippen LogP contribution < -0.4 is 4.74 Å². The molecule has 0 aliphatic heterocycles. The number of hydrogen-bond acceptors (Lipinski definition) is 3. The summed E-state index contributed by atoms with van der Waals surface area (Å²) in [6, 6.07) is 14.9. The summed E-state index contributed by atoms with van der Waals surface area (Å²) < 4.78 is 4.94. The lowest BCUT2D eigenvalue weighted by Gasteiger charge is -2.09. The first kappa shape index (κ1) is 11.7. The van der Waals surface area contributed by atoms with Gasteiger partial charge in [-0.3, -0.25) is 0 Å². The maximum absolute atomic E-state index is 9.11. The highest BCUT2D eigenvalue weighted by molar-refractivity contribution is 5.76. The summed E-state index contributed by atoms with van der Waals surface area (Å²) >= 11 is 0. The number of nitriles is 2. The summed E-state index contributed by atoms with van der Waals surface area (Å²) in [4.78, 5) is 0. The van der Waals surface area contributed by atoms with Crippen molar-refractivity contribution in [1.82, 2.24) is 0 Å². The first-order valence-electron chi connectivity index (χ1n) is 5.42. The molecule has 0 unspecified atom stereocenters. The summed E-state index contributed by atoms with van der Waals surface area (Å²) in [5.74, 6) is 0.464. The van der Waals surface area contributed by atoms with E-state index in [9.17, 15) is 0 Å². The van der Waals surface area contributed by atoms with Crippen LogP contribution in [0.15, 0.2) is 42.5 Å². The average molecular weight is 234 g/mol. The van der Waals surface area contributed by atoms with E-state index < -0.39 is 0 Å². The summed E-state index contributed by atoms with van der Waals surface area (Å²) in [6.45, 7) is 1.95. The minimum Gasteiger partial charge on any atom is -0.387 e. The molecule has 2 aromatic rings. The quantitative estimate of drug-likeness (QED) is 0.748. The Balaban J connectivity index is 2.67. The van der Waals surface area contributed by atoms with Crippen molar-refractivity contribution in [2.45, 2.75) is 6.92 Å². The first-order chi connectivity index (χ1) is 8.76. The molecule has 0 fully saturated rings. The molecular formula is C15H10N2O. The maximum atomic E-state index is 9.11. The van der Waals surface area contributed by atoms with Crippen LogP contribution in [0.3, 0.4) is 0 Å². The van der Waals surface area contributed by atoms with Gasteiger partial charge in [-0.2, -0.15) is 5.26 Å². The zero-order valence-corrected chi connectivity index (χ0v) is 9.84. The Morgan fingerprint density at radius 1 is 1.00 bits per heavy atom. The van der Waals surface area contributed by atoms with Gasteiger partial charge in [-0.15, -0.1) is 5.26 Å². The molecular weight excluding hydrogens is 224 g/mol. The molecule has 0 radical (unpaired) electrons. The van der Waals surface area contributed by atoms with Crippen LogP contribution in [0.5, 0.6) is 5.75 Å². The molecule has 18 heavy (non-hydrogen) atoms. The highest BCUT2D eigenvalue weighted by atomic mass is 16.5. The van der Waals surface area contributed by atoms with E-state index in [1.807, 2.05) is 37.3 Å². The largest absolute Gasteiger partial charge is 0.387 e. The van der Waals surface area contributed by atoms with Gasteiger partial charge < -0.3 is 4.74 Å². The molecule has 0 aromatic heterocycles. The van der Waals surface area contributed by atoms with Crippen LogP contribution in [0.1, 0.15) is 11.1 Å². The fourth-order valence-electron chi connectivity index (χ4n) is 1.81. The minimum absolute atomic E-state index is 0.464. The molecule has 0 aliphatic carbocycles. The van der Waals surface area contributed by atoms with Gasteiger partial charge in [0.15, 0.2) is 0 Å². The second-order valence-electron chi connectivity index (χ2n) is 3.85. The second kappa shape index (κ2) is 5.03. The van der Waals surface area contributed by atoms with E-state index in [-0.39, 0.29) is 0 Å². The zero-order valence-electron chi connectivity index (χ0n) is 9.84. The number of aryl methyl sites for hydroxylation is 1. The number of benzene rings is 2. The molecule has 0 N–H and O–H groups in total. The number of hydrogen-bond donors (Lipinski definition) is 0. The third kappa shape index (κ3) is 2.16. The smallest absolute Gasteiger partial charge is 0.292 e. The van der Waals surface area contributed by atoms with Gasteiger partial charge in [0.1, 0.15) is 5.75 Å². The van der Waals surface area contributed by atoms with Crippen molar-refractivity contribution < 1.29 is 4.74 Å². The monoisotopic (exact) mass is 234 g/mol. The van der Waals surface area contributed by atoms with Gasteiger partial charge >= 0.3 is 0 Å². The highest BCUT2D eigenvalue weighted by Crippen LogP contribution is 2.32. The predicted molar refractivity (Wildman–Crippen MR) is 67.6 cm³/mol. The van der Waals surface area contributed by atoms with Gasteiger partial charge in [0.25, 0.3) is 6.26 Å². The molecule has 0 saturated carbocycles. The predicted octanol–water partition coefficient (Wildman–Crippen LogP) is 3.39. The summed E-state index contributed by atoms with van der Waals surface area (Å²) in [5.41, 5.74) is 3.14. The Morgan fingerprint density at radius 3 is 2.50 bits per heavy atom. The molecule has 3 heteroatoms. The first-order valence-corrected chi connectivity index (χ1v) is 5.42. The molecule has 2 rings (SSSR count). The van der Waals surface area contributed by atoms with Crippen molar-refractivity contribution in [3.63, 3.8) is 0 Å². The van der Waals surface area contributed by atoms with Crippen molar-refractivity contribution in [3.8, 4) is 29.2 Å². The molecule has 0 aliphatic rings. The maximum Gasteiger partial charge on any atom is 0.292 e. The third-order valence-corrected chi connectivity index (χ3v) is 2.63. The fourth-order valence-corrected chi connectivity index (χ4v) is 1.81. The standard InChI is InChI=1S/C15H10N2O/c1-11-6-7-15(18-10-17)14(8-11)13-5-3-2-4-12(13)9-16/h2-8H,1H3. The van der Waals surface area contributed by atoms with E-state index in [2.05, 4.69) is 6.07 Å². The molecule has 86 valence electrons. The second-order valence-corrected chi connectivity index (χ2v) is 3.85. The van der Waals surface area contributed by atoms with Crippen LogP contribution in [-0.4, -0.2) is 0 Å². The van der Waals surface area contributed by atoms with Gasteiger partial charge in [0.2, 0.25) is 0 Å². The lowest BCUT2D eigenvalue weighted by Crippen LogP contribution is -1.90. The average Bonchev–Trinajstić information content (AvgIpc) is 2.41. The van der Waals surface area contributed by atoms with E-state index in [1.54, 1.807) is 18.4 Å². The zero-order chi connectivity index (χ0) is 13.0. The summed E-state index contributed by atoms with van der Waals surface area (Å²) in [7, 11) is 0. The van der Waals surface area contributed by atoms with Crippen LogP contribution in [0.4, 0.5) is 0 Å². The molecule has 3 nitrogen and oxygen atoms in total. The van der Waals surface area contributed by atoms with E-state index in [0.717, 1.165) is 16.7 Å². The van der Waals surface area contributed by atoms with Crippen LogP contribution >= 0.6 is 0 Å². The topological polar surface area (TPSA) is 56.8 Å². The van der Waals surface area contributed by atoms with Crippen molar-refractivity contribution in [2.24, 2.45) is 0 Å². The summed E-state index contributed by atoms with van der Waals surface area (Å²) in [6.07, 6.45) is 1.67. The van der Waals surface area contributed by atoms with Crippen LogP contribution in [0.2, 0.25) is 0 Å². The highest BCUT2D eigenvalue weighted by Gasteiger charge is 2.10. The van der Waals surface area contributed by atoms with Crippen molar-refractivity contribution in [1.29, 1.82) is 10.5 Å². The molecule has 0 atom stereocenters. The van der Waals surface area contributed by atoms with Gasteiger partial charge in [-0.1, -0.05) is 29.8 Å². The van der Waals surface area contributed by atoms with Gasteiger partial charge in [0, 0.05) is 11.1 Å². The lowest BCUT2D eigenvalue weighted by atomic mass is 9.98. The van der Waals surface area contributed by atoms with E-state index in [0.29, 0.717) is 11.3 Å². The Kier molecular flexibility index (Phi) is 3.27. The lowest BCUT2D eigenvalue weighted by molar-refractivity contribution is 0.509. The van der Waals surface area contributed by atoms with E-state index >= 15 is 0 Å². The summed E-state index contributed by atoms with van der Waals surface area (Å²) in [5, 5.41) is 17.8.